The molecule has 2 aliphatic rings. The van der Waals surface area contributed by atoms with Gasteiger partial charge in [0, 0.05) is 5.92 Å². The first-order valence-corrected chi connectivity index (χ1v) is 7.71. The van der Waals surface area contributed by atoms with Crippen LogP contribution in [0.15, 0.2) is 4.52 Å². The fraction of sp³-hybridized carbons (Fsp3) is 0.800. The van der Waals surface area contributed by atoms with Crippen molar-refractivity contribution in [1.82, 2.24) is 10.1 Å². The predicted octanol–water partition coefficient (Wildman–Crippen LogP) is 3.33. The maximum atomic E-state index is 11.2. The summed E-state index contributed by atoms with van der Waals surface area (Å²) in [5, 5.41) is 13.4. The number of hydrogen-bond donors (Lipinski definition) is 1. The summed E-state index contributed by atoms with van der Waals surface area (Å²) in [6.07, 6.45) is 7.17. The molecule has 1 heterocycles. The molecule has 20 heavy (non-hydrogen) atoms. The lowest BCUT2D eigenvalue weighted by Crippen LogP contribution is -2.17. The summed E-state index contributed by atoms with van der Waals surface area (Å²) in [6.45, 7) is 2.29. The van der Waals surface area contributed by atoms with E-state index in [1.807, 2.05) is 0 Å². The van der Waals surface area contributed by atoms with E-state index in [2.05, 4.69) is 17.1 Å². The minimum Gasteiger partial charge on any atom is -0.481 e. The molecule has 2 fully saturated rings. The first kappa shape index (κ1) is 13.6. The fourth-order valence-electron chi connectivity index (χ4n) is 3.63. The van der Waals surface area contributed by atoms with Gasteiger partial charge in [0.1, 0.15) is 0 Å². The fourth-order valence-corrected chi connectivity index (χ4v) is 3.63. The van der Waals surface area contributed by atoms with Crippen LogP contribution in [0.4, 0.5) is 0 Å². The standard InChI is InChI=1S/C15H22N2O3/c1-9-5-7-10(8-6-9)13-16-14(20-17-13)11-3-2-4-12(11)15(18)19/h9-12H,2-8H2,1H3,(H,18,19). The molecule has 0 saturated heterocycles. The molecule has 1 aromatic heterocycles. The van der Waals surface area contributed by atoms with E-state index in [1.165, 1.54) is 12.8 Å². The molecule has 0 radical (unpaired) electrons. The van der Waals surface area contributed by atoms with Crippen molar-refractivity contribution in [3.05, 3.63) is 11.7 Å². The summed E-state index contributed by atoms with van der Waals surface area (Å²) in [6, 6.07) is 0. The van der Waals surface area contributed by atoms with Crippen LogP contribution in [-0.4, -0.2) is 21.2 Å². The molecule has 1 N–H and O–H groups in total. The largest absolute Gasteiger partial charge is 0.481 e. The number of aromatic nitrogens is 2. The number of carboxylic acids is 1. The number of carbonyl (C=O) groups is 1. The zero-order valence-electron chi connectivity index (χ0n) is 11.9. The Morgan fingerprint density at radius 1 is 1.20 bits per heavy atom. The van der Waals surface area contributed by atoms with Gasteiger partial charge in [0.2, 0.25) is 5.89 Å². The van der Waals surface area contributed by atoms with Crippen LogP contribution in [0.1, 0.15) is 75.4 Å². The van der Waals surface area contributed by atoms with E-state index < -0.39 is 5.97 Å². The van der Waals surface area contributed by atoms with Crippen LogP contribution >= 0.6 is 0 Å². The Morgan fingerprint density at radius 2 is 1.95 bits per heavy atom. The normalized spacial score (nSPS) is 34.2. The van der Waals surface area contributed by atoms with Crippen molar-refractivity contribution in [2.45, 2.75) is 63.7 Å². The van der Waals surface area contributed by atoms with Crippen molar-refractivity contribution < 1.29 is 14.4 Å². The highest BCUT2D eigenvalue weighted by Crippen LogP contribution is 2.40. The summed E-state index contributed by atoms with van der Waals surface area (Å²) in [7, 11) is 0. The van der Waals surface area contributed by atoms with E-state index in [9.17, 15) is 9.90 Å². The molecule has 5 heteroatoms. The molecular formula is C15H22N2O3. The molecular weight excluding hydrogens is 256 g/mol. The number of rotatable bonds is 3. The average molecular weight is 278 g/mol. The Hall–Kier alpha value is -1.39. The lowest BCUT2D eigenvalue weighted by molar-refractivity contribution is -0.142. The van der Waals surface area contributed by atoms with Crippen molar-refractivity contribution in [3.8, 4) is 0 Å². The van der Waals surface area contributed by atoms with Gasteiger partial charge in [-0.3, -0.25) is 4.79 Å². The molecule has 0 aromatic carbocycles. The van der Waals surface area contributed by atoms with Gasteiger partial charge in [0.25, 0.3) is 0 Å². The summed E-state index contributed by atoms with van der Waals surface area (Å²) in [5.41, 5.74) is 0. The van der Waals surface area contributed by atoms with Crippen LogP contribution in [-0.2, 0) is 4.79 Å². The van der Waals surface area contributed by atoms with Gasteiger partial charge >= 0.3 is 5.97 Å². The number of nitrogens with zero attached hydrogens (tertiary/aromatic N) is 2. The molecule has 0 aliphatic heterocycles. The third kappa shape index (κ3) is 2.58. The minimum atomic E-state index is -0.737. The van der Waals surface area contributed by atoms with E-state index in [4.69, 9.17) is 4.52 Å². The van der Waals surface area contributed by atoms with Crippen LogP contribution in [0.5, 0.6) is 0 Å². The summed E-state index contributed by atoms with van der Waals surface area (Å²) >= 11 is 0. The van der Waals surface area contributed by atoms with Gasteiger partial charge in [-0.15, -0.1) is 0 Å². The molecule has 0 spiro atoms. The zero-order chi connectivity index (χ0) is 14.1. The summed E-state index contributed by atoms with van der Waals surface area (Å²) in [5.74, 6) is 1.35. The quantitative estimate of drug-likeness (QED) is 0.917. The second-order valence-electron chi connectivity index (χ2n) is 6.43. The highest BCUT2D eigenvalue weighted by atomic mass is 16.5. The highest BCUT2D eigenvalue weighted by molar-refractivity contribution is 5.71. The van der Waals surface area contributed by atoms with Gasteiger partial charge in [0.15, 0.2) is 5.82 Å². The highest BCUT2D eigenvalue weighted by Gasteiger charge is 2.38. The van der Waals surface area contributed by atoms with E-state index in [-0.39, 0.29) is 11.8 Å². The van der Waals surface area contributed by atoms with E-state index in [0.717, 1.165) is 43.8 Å². The Labute approximate surface area is 118 Å². The molecule has 1 aromatic rings. The topological polar surface area (TPSA) is 76.2 Å². The average Bonchev–Trinajstić information content (AvgIpc) is 3.08. The van der Waals surface area contributed by atoms with Crippen LogP contribution in [0.25, 0.3) is 0 Å². The lowest BCUT2D eigenvalue weighted by atomic mass is 9.83. The van der Waals surface area contributed by atoms with Crippen molar-refractivity contribution in [3.63, 3.8) is 0 Å². The molecule has 3 rings (SSSR count). The second-order valence-corrected chi connectivity index (χ2v) is 6.43. The van der Waals surface area contributed by atoms with Gasteiger partial charge in [-0.05, 0) is 31.6 Å². The molecule has 2 unspecified atom stereocenters. The van der Waals surface area contributed by atoms with Crippen LogP contribution in [0.2, 0.25) is 0 Å². The maximum absolute atomic E-state index is 11.2. The Morgan fingerprint density at radius 3 is 2.65 bits per heavy atom. The van der Waals surface area contributed by atoms with E-state index in [0.29, 0.717) is 11.8 Å². The molecule has 2 saturated carbocycles. The van der Waals surface area contributed by atoms with Gasteiger partial charge in [-0.25, -0.2) is 0 Å². The van der Waals surface area contributed by atoms with Crippen molar-refractivity contribution in [1.29, 1.82) is 0 Å². The van der Waals surface area contributed by atoms with E-state index >= 15 is 0 Å². The summed E-state index contributed by atoms with van der Waals surface area (Å²) < 4.78 is 5.38. The first-order chi connectivity index (χ1) is 9.65. The van der Waals surface area contributed by atoms with Gasteiger partial charge < -0.3 is 9.63 Å². The smallest absolute Gasteiger partial charge is 0.307 e. The van der Waals surface area contributed by atoms with Gasteiger partial charge in [-0.1, -0.05) is 31.3 Å². The molecule has 0 amide bonds. The number of carboxylic acid groups (broad SMARTS) is 1. The third-order valence-electron chi connectivity index (χ3n) is 4.99. The second kappa shape index (κ2) is 5.54. The molecule has 0 bridgehead atoms. The lowest BCUT2D eigenvalue weighted by Gasteiger charge is -2.23. The first-order valence-electron chi connectivity index (χ1n) is 7.71. The number of aliphatic carboxylic acids is 1. The molecule has 5 nitrogen and oxygen atoms in total. The zero-order valence-corrected chi connectivity index (χ0v) is 11.9. The van der Waals surface area contributed by atoms with Crippen LogP contribution in [0, 0.1) is 11.8 Å². The van der Waals surface area contributed by atoms with Crippen molar-refractivity contribution in [2.75, 3.05) is 0 Å². The Kier molecular flexibility index (Phi) is 3.76. The molecule has 2 atom stereocenters. The van der Waals surface area contributed by atoms with Crippen molar-refractivity contribution in [2.24, 2.45) is 11.8 Å². The Balaban J connectivity index is 1.72. The molecule has 110 valence electrons. The SMILES string of the molecule is CC1CCC(c2noc(C3CCCC3C(=O)O)n2)CC1. The van der Waals surface area contributed by atoms with Crippen LogP contribution in [0.3, 0.4) is 0 Å². The van der Waals surface area contributed by atoms with Gasteiger partial charge in [-0.2, -0.15) is 4.98 Å². The predicted molar refractivity (Wildman–Crippen MR) is 72.4 cm³/mol. The minimum absolute atomic E-state index is 0.0868. The van der Waals surface area contributed by atoms with Crippen LogP contribution < -0.4 is 0 Å². The third-order valence-corrected chi connectivity index (χ3v) is 4.99. The van der Waals surface area contributed by atoms with E-state index in [1.54, 1.807) is 0 Å². The van der Waals surface area contributed by atoms with Crippen molar-refractivity contribution >= 4 is 5.97 Å². The number of hydrogen-bond acceptors (Lipinski definition) is 4. The maximum Gasteiger partial charge on any atom is 0.307 e. The monoisotopic (exact) mass is 278 g/mol. The van der Waals surface area contributed by atoms with Gasteiger partial charge in [0.05, 0.1) is 11.8 Å². The summed E-state index contributed by atoms with van der Waals surface area (Å²) in [4.78, 5) is 15.8. The Bertz CT molecular complexity index is 477. The molecule has 2 aliphatic carbocycles.